The van der Waals surface area contributed by atoms with Crippen molar-refractivity contribution in [3.8, 4) is 0 Å². The fourth-order valence-electron chi connectivity index (χ4n) is 1.66. The van der Waals surface area contributed by atoms with Crippen LogP contribution in [0.2, 0.25) is 0 Å². The summed E-state index contributed by atoms with van der Waals surface area (Å²) in [4.78, 5) is 22.4. The van der Waals surface area contributed by atoms with Gasteiger partial charge < -0.3 is 19.8 Å². The van der Waals surface area contributed by atoms with Crippen molar-refractivity contribution >= 4 is 34.7 Å². The lowest BCUT2D eigenvalue weighted by Gasteiger charge is -2.12. The largest absolute Gasteiger partial charge is 0.543 e. The number of carbonyl (C=O) groups excluding carboxylic acids is 2. The third kappa shape index (κ3) is 4.67. The van der Waals surface area contributed by atoms with Gasteiger partial charge in [0.15, 0.2) is 0 Å². The Balaban J connectivity index is 2.27. The maximum atomic E-state index is 11.2. The molecule has 0 saturated heterocycles. The molecule has 0 bridgehead atoms. The second kappa shape index (κ2) is 8.08. The van der Waals surface area contributed by atoms with Crippen molar-refractivity contribution in [2.45, 2.75) is 0 Å². The summed E-state index contributed by atoms with van der Waals surface area (Å²) in [6.45, 7) is 0. The molecule has 0 atom stereocenters. The van der Waals surface area contributed by atoms with Crippen LogP contribution < -0.4 is 21.1 Å². The summed E-state index contributed by atoms with van der Waals surface area (Å²) in [7, 11) is 0. The van der Waals surface area contributed by atoms with E-state index in [0.29, 0.717) is 11.4 Å². The minimum Gasteiger partial charge on any atom is -0.543 e. The van der Waals surface area contributed by atoms with Gasteiger partial charge in [-0.25, -0.2) is 0 Å². The Morgan fingerprint density at radius 1 is 0.667 bits per heavy atom. The van der Waals surface area contributed by atoms with Crippen LogP contribution in [0.4, 0.5) is 11.4 Å². The predicted octanol–water partition coefficient (Wildman–Crippen LogP) is -0.578. The van der Waals surface area contributed by atoms with Gasteiger partial charge >= 0.3 is 0 Å². The Hall–Kier alpha value is -3.68. The zero-order valence-electron chi connectivity index (χ0n) is 12.3. The summed E-state index contributed by atoms with van der Waals surface area (Å²) < 4.78 is 0. The molecule has 24 heavy (non-hydrogen) atoms. The molecule has 0 saturated carbocycles. The number of carboxylic acid groups (broad SMARTS) is 2. The molecule has 122 valence electrons. The highest BCUT2D eigenvalue weighted by Gasteiger charge is 2.13. The second-order valence-electron chi connectivity index (χ2n) is 4.45. The second-order valence-corrected chi connectivity index (χ2v) is 4.45. The summed E-state index contributed by atoms with van der Waals surface area (Å²) in [5.74, 6) is -3.62. The number of benzene rings is 2. The van der Waals surface area contributed by atoms with Crippen LogP contribution in [-0.4, -0.2) is 23.4 Å². The molecule has 0 unspecified atom stereocenters. The molecular weight excluding hydrogens is 312 g/mol. The first kappa shape index (κ1) is 16.7. The molecule has 0 aromatic heterocycles. The van der Waals surface area contributed by atoms with Crippen molar-refractivity contribution in [1.82, 2.24) is 0 Å². The number of nitrogens with one attached hydrogen (secondary N) is 2. The number of hydrazone groups is 2. The normalized spacial score (nSPS) is 11.7. The molecule has 0 aliphatic heterocycles. The van der Waals surface area contributed by atoms with E-state index in [2.05, 4.69) is 21.1 Å². The van der Waals surface area contributed by atoms with Crippen molar-refractivity contribution < 1.29 is 19.8 Å². The molecule has 2 aromatic carbocycles. The molecule has 0 amide bonds. The van der Waals surface area contributed by atoms with Crippen LogP contribution in [0.15, 0.2) is 70.9 Å². The van der Waals surface area contributed by atoms with Crippen LogP contribution in [0.1, 0.15) is 0 Å². The van der Waals surface area contributed by atoms with Crippen molar-refractivity contribution in [3.63, 3.8) is 0 Å². The molecule has 0 aliphatic carbocycles. The molecule has 2 N–H and O–H groups in total. The lowest BCUT2D eigenvalue weighted by atomic mass is 10.2. The Bertz CT molecular complexity index is 706. The van der Waals surface area contributed by atoms with E-state index in [1.165, 1.54) is 0 Å². The van der Waals surface area contributed by atoms with Gasteiger partial charge in [0.1, 0.15) is 11.4 Å². The molecule has 0 heterocycles. The van der Waals surface area contributed by atoms with Crippen molar-refractivity contribution in [3.05, 3.63) is 60.7 Å². The quantitative estimate of drug-likeness (QED) is 0.518. The van der Waals surface area contributed by atoms with Crippen LogP contribution >= 0.6 is 0 Å². The Morgan fingerprint density at radius 2 is 1.00 bits per heavy atom. The highest BCUT2D eigenvalue weighted by molar-refractivity contribution is 6.78. The van der Waals surface area contributed by atoms with Crippen LogP contribution in [-0.2, 0) is 9.59 Å². The molecular formula is C16H12N4O4-2. The minimum atomic E-state index is -1.81. The monoisotopic (exact) mass is 324 g/mol. The molecule has 0 aliphatic rings. The number of anilines is 2. The molecule has 0 fully saturated rings. The summed E-state index contributed by atoms with van der Waals surface area (Å²) >= 11 is 0. The maximum Gasteiger partial charge on any atom is 0.135 e. The van der Waals surface area contributed by atoms with Gasteiger partial charge in [0.05, 0.1) is 23.3 Å². The standard InChI is InChI=1S/C16H14N4O4/c21-15(22)13(19-17-11-7-3-1-4-8-11)14(16(23)24)20-18-12-9-5-2-6-10-12/h1-10,17-18H,(H,21,22)(H,23,24)/p-2/b19-13+,20-14?. The zero-order chi connectivity index (χ0) is 17.4. The summed E-state index contributed by atoms with van der Waals surface area (Å²) in [5, 5.41) is 29.5. The topological polar surface area (TPSA) is 129 Å². The van der Waals surface area contributed by atoms with E-state index in [-0.39, 0.29) is 0 Å². The molecule has 8 heteroatoms. The van der Waals surface area contributed by atoms with E-state index in [1.807, 2.05) is 0 Å². The van der Waals surface area contributed by atoms with Gasteiger partial charge in [0.25, 0.3) is 0 Å². The van der Waals surface area contributed by atoms with Crippen LogP contribution in [0.3, 0.4) is 0 Å². The average Bonchev–Trinajstić information content (AvgIpc) is 2.59. The lowest BCUT2D eigenvalue weighted by molar-refractivity contribution is -0.297. The van der Waals surface area contributed by atoms with Crippen LogP contribution in [0.25, 0.3) is 0 Å². The predicted molar refractivity (Wildman–Crippen MR) is 85.0 cm³/mol. The number of nitrogens with zero attached hydrogens (tertiary/aromatic N) is 2. The van der Waals surface area contributed by atoms with Gasteiger partial charge in [-0.1, -0.05) is 36.4 Å². The summed E-state index contributed by atoms with van der Waals surface area (Å²) in [5.41, 5.74) is 3.98. The van der Waals surface area contributed by atoms with Gasteiger partial charge in [-0.05, 0) is 24.3 Å². The fourth-order valence-corrected chi connectivity index (χ4v) is 1.66. The number of hydrogen-bond donors (Lipinski definition) is 2. The molecule has 0 spiro atoms. The van der Waals surface area contributed by atoms with Crippen LogP contribution in [0.5, 0.6) is 0 Å². The summed E-state index contributed by atoms with van der Waals surface area (Å²) in [6, 6.07) is 16.8. The number of rotatable bonds is 7. The van der Waals surface area contributed by atoms with E-state index < -0.39 is 23.4 Å². The van der Waals surface area contributed by atoms with Crippen molar-refractivity contribution in [1.29, 1.82) is 0 Å². The minimum absolute atomic E-state index is 0.463. The molecule has 2 aromatic rings. The van der Waals surface area contributed by atoms with Gasteiger partial charge in [-0.3, -0.25) is 10.9 Å². The van der Waals surface area contributed by atoms with Crippen molar-refractivity contribution in [2.75, 3.05) is 10.9 Å². The first-order chi connectivity index (χ1) is 11.6. The third-order valence-corrected chi connectivity index (χ3v) is 2.75. The van der Waals surface area contributed by atoms with E-state index in [0.717, 1.165) is 0 Å². The molecule has 8 nitrogen and oxygen atoms in total. The Kier molecular flexibility index (Phi) is 5.62. The molecule has 2 rings (SSSR count). The summed E-state index contributed by atoms with van der Waals surface area (Å²) in [6.07, 6.45) is 0. The maximum absolute atomic E-state index is 11.2. The lowest BCUT2D eigenvalue weighted by Crippen LogP contribution is -2.46. The van der Waals surface area contributed by atoms with Gasteiger partial charge in [-0.2, -0.15) is 10.2 Å². The SMILES string of the molecule is O=C([O-])C(=NNc1ccccc1)/C(=N\Nc1ccccc1)C(=O)[O-]. The van der Waals surface area contributed by atoms with Gasteiger partial charge in [0.2, 0.25) is 0 Å². The van der Waals surface area contributed by atoms with E-state index in [1.54, 1.807) is 60.7 Å². The van der Waals surface area contributed by atoms with E-state index >= 15 is 0 Å². The average molecular weight is 324 g/mol. The Labute approximate surface area is 137 Å². The highest BCUT2D eigenvalue weighted by atomic mass is 16.4. The van der Waals surface area contributed by atoms with E-state index in [9.17, 15) is 19.8 Å². The number of carboxylic acids is 2. The third-order valence-electron chi connectivity index (χ3n) is 2.75. The van der Waals surface area contributed by atoms with Gasteiger partial charge in [0, 0.05) is 0 Å². The first-order valence-electron chi connectivity index (χ1n) is 6.78. The number of hydrogen-bond acceptors (Lipinski definition) is 8. The number of aliphatic carboxylic acids is 2. The Morgan fingerprint density at radius 3 is 1.29 bits per heavy atom. The number of para-hydroxylation sites is 2. The highest BCUT2D eigenvalue weighted by Crippen LogP contribution is 2.06. The first-order valence-corrected chi connectivity index (χ1v) is 6.78. The van der Waals surface area contributed by atoms with Crippen LogP contribution in [0, 0.1) is 0 Å². The zero-order valence-corrected chi connectivity index (χ0v) is 12.3. The van der Waals surface area contributed by atoms with Gasteiger partial charge in [-0.15, -0.1) is 0 Å². The fraction of sp³-hybridized carbons (Fsp3) is 0. The van der Waals surface area contributed by atoms with E-state index in [4.69, 9.17) is 0 Å². The molecule has 0 radical (unpaired) electrons. The van der Waals surface area contributed by atoms with Crippen molar-refractivity contribution in [2.24, 2.45) is 10.2 Å². The smallest absolute Gasteiger partial charge is 0.135 e. The number of carbonyl (C=O) groups is 2.